The molecule has 110 valence electrons. The molecule has 2 aromatic rings. The minimum atomic E-state index is -0.208. The third-order valence-electron chi connectivity index (χ3n) is 3.18. The average Bonchev–Trinajstić information content (AvgIpc) is 2.53. The molecule has 5 nitrogen and oxygen atoms in total. The van der Waals surface area contributed by atoms with Crippen LogP contribution in [0.3, 0.4) is 0 Å². The van der Waals surface area contributed by atoms with Crippen molar-refractivity contribution in [2.75, 3.05) is 26.2 Å². The Morgan fingerprint density at radius 1 is 1.05 bits per heavy atom. The Bertz CT molecular complexity index is 637. The molecule has 0 unspecified atom stereocenters. The number of hydrogen-bond acceptors (Lipinski definition) is 4. The third-order valence-corrected chi connectivity index (χ3v) is 3.18. The summed E-state index contributed by atoms with van der Waals surface area (Å²) in [5.74, 6) is 1.02. The first-order valence-corrected chi connectivity index (χ1v) is 6.36. The molecular weight excluding hydrogens is 270 g/mol. The number of rotatable bonds is 4. The second-order valence-electron chi connectivity index (χ2n) is 4.45. The quantitative estimate of drug-likeness (QED) is 0.939. The summed E-state index contributed by atoms with van der Waals surface area (Å²) >= 11 is 0. The van der Waals surface area contributed by atoms with Crippen LogP contribution in [0.5, 0.6) is 17.2 Å². The summed E-state index contributed by atoms with van der Waals surface area (Å²) in [7, 11) is 4.73. The molecule has 2 rings (SSSR count). The molecule has 0 heterocycles. The van der Waals surface area contributed by atoms with Crippen molar-refractivity contribution >= 4 is 11.6 Å². The summed E-state index contributed by atoms with van der Waals surface area (Å²) in [5.41, 5.74) is 1.12. The fourth-order valence-corrected chi connectivity index (χ4v) is 1.95. The van der Waals surface area contributed by atoms with Gasteiger partial charge < -0.3 is 19.5 Å². The smallest absolute Gasteiger partial charge is 0.261 e. The van der Waals surface area contributed by atoms with E-state index in [4.69, 9.17) is 9.47 Å². The maximum Gasteiger partial charge on any atom is 0.261 e. The van der Waals surface area contributed by atoms with Crippen LogP contribution in [-0.2, 0) is 0 Å². The van der Waals surface area contributed by atoms with Crippen LogP contribution >= 0.6 is 0 Å². The van der Waals surface area contributed by atoms with E-state index in [1.54, 1.807) is 44.5 Å². The molecule has 21 heavy (non-hydrogen) atoms. The van der Waals surface area contributed by atoms with Crippen molar-refractivity contribution in [3.8, 4) is 17.2 Å². The lowest BCUT2D eigenvalue weighted by Crippen LogP contribution is -2.26. The van der Waals surface area contributed by atoms with Crippen LogP contribution in [0.2, 0.25) is 0 Å². The minimum absolute atomic E-state index is 0.154. The number of phenolic OH excluding ortho intramolecular Hbond substituents is 1. The number of aromatic hydroxyl groups is 1. The first-order chi connectivity index (χ1) is 10.1. The number of phenols is 1. The van der Waals surface area contributed by atoms with Crippen LogP contribution in [0, 0.1) is 0 Å². The van der Waals surface area contributed by atoms with Crippen LogP contribution in [-0.4, -0.2) is 32.3 Å². The van der Waals surface area contributed by atoms with E-state index in [1.807, 2.05) is 0 Å². The van der Waals surface area contributed by atoms with Gasteiger partial charge in [0, 0.05) is 18.8 Å². The lowest BCUT2D eigenvalue weighted by Gasteiger charge is -2.19. The van der Waals surface area contributed by atoms with E-state index in [0.717, 1.165) is 0 Å². The Balaban J connectivity index is 2.32. The fraction of sp³-hybridized carbons (Fsp3) is 0.188. The van der Waals surface area contributed by atoms with E-state index in [0.29, 0.717) is 22.7 Å². The Morgan fingerprint density at radius 2 is 1.71 bits per heavy atom. The Morgan fingerprint density at radius 3 is 2.29 bits per heavy atom. The molecule has 0 bridgehead atoms. The maximum atomic E-state index is 12.6. The monoisotopic (exact) mass is 287 g/mol. The highest BCUT2D eigenvalue weighted by Crippen LogP contribution is 2.27. The van der Waals surface area contributed by atoms with Gasteiger partial charge in [-0.25, -0.2) is 0 Å². The highest BCUT2D eigenvalue weighted by molar-refractivity contribution is 6.07. The van der Waals surface area contributed by atoms with E-state index in [-0.39, 0.29) is 11.7 Å². The van der Waals surface area contributed by atoms with Crippen LogP contribution in [0.4, 0.5) is 5.69 Å². The number of hydrogen-bond donors (Lipinski definition) is 1. The summed E-state index contributed by atoms with van der Waals surface area (Å²) in [5, 5.41) is 9.30. The number of carbonyl (C=O) groups excluding carboxylic acids is 1. The molecule has 0 spiro atoms. The minimum Gasteiger partial charge on any atom is -0.508 e. The first kappa shape index (κ1) is 14.7. The van der Waals surface area contributed by atoms with Gasteiger partial charge in [-0.2, -0.15) is 0 Å². The van der Waals surface area contributed by atoms with Crippen LogP contribution in [0.25, 0.3) is 0 Å². The molecule has 0 aromatic heterocycles. The molecule has 0 aliphatic heterocycles. The summed E-state index contributed by atoms with van der Waals surface area (Å²) in [6.07, 6.45) is 0. The van der Waals surface area contributed by atoms with Gasteiger partial charge in [0.15, 0.2) is 0 Å². The van der Waals surface area contributed by atoms with E-state index < -0.39 is 0 Å². The van der Waals surface area contributed by atoms with Crippen molar-refractivity contribution < 1.29 is 19.4 Å². The molecule has 0 aliphatic rings. The van der Waals surface area contributed by atoms with Gasteiger partial charge in [-0.3, -0.25) is 4.79 Å². The van der Waals surface area contributed by atoms with Gasteiger partial charge in [0.05, 0.1) is 19.8 Å². The zero-order valence-electron chi connectivity index (χ0n) is 12.2. The molecule has 0 fully saturated rings. The SMILES string of the molecule is COc1ccc(C(=O)N(C)c2ccc(O)cc2)c(OC)c1. The van der Waals surface area contributed by atoms with Crippen molar-refractivity contribution in [1.29, 1.82) is 0 Å². The highest BCUT2D eigenvalue weighted by atomic mass is 16.5. The third kappa shape index (κ3) is 3.08. The van der Waals surface area contributed by atoms with Gasteiger partial charge in [-0.05, 0) is 36.4 Å². The molecule has 2 aromatic carbocycles. The van der Waals surface area contributed by atoms with Gasteiger partial charge in [0.1, 0.15) is 17.2 Å². The Kier molecular flexibility index (Phi) is 4.33. The van der Waals surface area contributed by atoms with Gasteiger partial charge in [0.2, 0.25) is 0 Å². The molecule has 0 atom stereocenters. The summed E-state index contributed by atoms with van der Waals surface area (Å²) in [4.78, 5) is 14.0. The number of anilines is 1. The topological polar surface area (TPSA) is 59.0 Å². The maximum absolute atomic E-state index is 12.6. The zero-order chi connectivity index (χ0) is 15.4. The zero-order valence-corrected chi connectivity index (χ0v) is 12.2. The molecule has 1 amide bonds. The second kappa shape index (κ2) is 6.17. The number of nitrogens with zero attached hydrogens (tertiary/aromatic N) is 1. The summed E-state index contributed by atoms with van der Waals surface area (Å²) in [6, 6.07) is 11.4. The molecule has 0 radical (unpaired) electrons. The van der Waals surface area contributed by atoms with Crippen molar-refractivity contribution in [3.63, 3.8) is 0 Å². The molecular formula is C16H17NO4. The average molecular weight is 287 g/mol. The van der Waals surface area contributed by atoms with Gasteiger partial charge in [0.25, 0.3) is 5.91 Å². The number of amides is 1. The van der Waals surface area contributed by atoms with E-state index in [9.17, 15) is 9.90 Å². The molecule has 0 saturated heterocycles. The van der Waals surface area contributed by atoms with Crippen LogP contribution < -0.4 is 14.4 Å². The number of methoxy groups -OCH3 is 2. The Hall–Kier alpha value is -2.69. The van der Waals surface area contributed by atoms with E-state index in [1.165, 1.54) is 24.1 Å². The largest absolute Gasteiger partial charge is 0.508 e. The lowest BCUT2D eigenvalue weighted by molar-refractivity contribution is 0.0990. The first-order valence-electron chi connectivity index (χ1n) is 6.36. The van der Waals surface area contributed by atoms with Crippen LogP contribution in [0.1, 0.15) is 10.4 Å². The van der Waals surface area contributed by atoms with Crippen LogP contribution in [0.15, 0.2) is 42.5 Å². The number of carbonyl (C=O) groups is 1. The van der Waals surface area contributed by atoms with Gasteiger partial charge in [-0.1, -0.05) is 0 Å². The molecule has 5 heteroatoms. The second-order valence-corrected chi connectivity index (χ2v) is 4.45. The lowest BCUT2D eigenvalue weighted by atomic mass is 10.1. The standard InChI is InChI=1S/C16H17NO4/c1-17(11-4-6-12(18)7-5-11)16(19)14-9-8-13(20-2)10-15(14)21-3/h4-10,18H,1-3H3. The van der Waals surface area contributed by atoms with Crippen molar-refractivity contribution in [2.45, 2.75) is 0 Å². The normalized spacial score (nSPS) is 10.0. The van der Waals surface area contributed by atoms with Crippen molar-refractivity contribution in [3.05, 3.63) is 48.0 Å². The number of ether oxygens (including phenoxy) is 2. The summed E-state index contributed by atoms with van der Waals surface area (Å²) < 4.78 is 10.4. The fourth-order valence-electron chi connectivity index (χ4n) is 1.95. The van der Waals surface area contributed by atoms with E-state index >= 15 is 0 Å². The highest BCUT2D eigenvalue weighted by Gasteiger charge is 2.18. The van der Waals surface area contributed by atoms with Crippen molar-refractivity contribution in [1.82, 2.24) is 0 Å². The predicted octanol–water partition coefficient (Wildman–Crippen LogP) is 2.69. The van der Waals surface area contributed by atoms with Gasteiger partial charge in [-0.15, -0.1) is 0 Å². The molecule has 0 aliphatic carbocycles. The Labute approximate surface area is 123 Å². The van der Waals surface area contributed by atoms with E-state index in [2.05, 4.69) is 0 Å². The molecule has 0 saturated carbocycles. The number of benzene rings is 2. The molecule has 1 N–H and O–H groups in total. The predicted molar refractivity (Wildman–Crippen MR) is 80.4 cm³/mol. The van der Waals surface area contributed by atoms with Crippen molar-refractivity contribution in [2.24, 2.45) is 0 Å². The van der Waals surface area contributed by atoms with Gasteiger partial charge >= 0.3 is 0 Å². The summed E-state index contributed by atoms with van der Waals surface area (Å²) in [6.45, 7) is 0.